The molecule has 1 aromatic heterocycles. The fourth-order valence-corrected chi connectivity index (χ4v) is 1.90. The van der Waals surface area contributed by atoms with Crippen molar-refractivity contribution in [1.82, 2.24) is 4.57 Å². The van der Waals surface area contributed by atoms with Gasteiger partial charge in [0.05, 0.1) is 0 Å². The van der Waals surface area contributed by atoms with Crippen LogP contribution in [0.2, 0.25) is 0 Å². The Balaban J connectivity index is 3.63. The van der Waals surface area contributed by atoms with Crippen molar-refractivity contribution < 1.29 is 9.90 Å². The number of aliphatic carboxylic acids is 1. The average molecular weight is 257 g/mol. The van der Waals surface area contributed by atoms with Crippen LogP contribution >= 0.6 is 0 Å². The van der Waals surface area contributed by atoms with E-state index in [2.05, 4.69) is 13.2 Å². The van der Waals surface area contributed by atoms with Crippen molar-refractivity contribution in [2.24, 2.45) is 0 Å². The molecular weight excluding hydrogens is 238 g/mol. The van der Waals surface area contributed by atoms with Crippen molar-refractivity contribution in [3.05, 3.63) is 52.7 Å². The molecule has 0 saturated heterocycles. The zero-order valence-corrected chi connectivity index (χ0v) is 11.4. The predicted octanol–water partition coefficient (Wildman–Crippen LogP) is 1.85. The van der Waals surface area contributed by atoms with Gasteiger partial charge in [-0.3, -0.25) is 4.79 Å². The molecule has 0 amide bonds. The van der Waals surface area contributed by atoms with Crippen LogP contribution in [0, 0.1) is 6.92 Å². The van der Waals surface area contributed by atoms with Gasteiger partial charge in [0, 0.05) is 11.0 Å². The molecule has 1 aromatic rings. The lowest BCUT2D eigenvalue weighted by atomic mass is 10.2. The maximum absolute atomic E-state index is 11.0. The topological polar surface area (TPSA) is 42.2 Å². The monoisotopic (exact) mass is 257 g/mol. The molecule has 3 nitrogen and oxygen atoms in total. The summed E-state index contributed by atoms with van der Waals surface area (Å²) in [6.45, 7) is 11.4. The minimum absolute atomic E-state index is 0.0867. The molecule has 0 saturated carbocycles. The van der Waals surface area contributed by atoms with Gasteiger partial charge in [-0.25, -0.2) is 0 Å². The van der Waals surface area contributed by atoms with Crippen molar-refractivity contribution in [3.8, 4) is 0 Å². The highest BCUT2D eigenvalue weighted by Crippen LogP contribution is 2.05. The molecule has 1 rings (SSSR count). The summed E-state index contributed by atoms with van der Waals surface area (Å²) >= 11 is 0. The molecule has 0 aliphatic heterocycles. The van der Waals surface area contributed by atoms with Crippen LogP contribution in [-0.2, 0) is 11.3 Å². The zero-order chi connectivity index (χ0) is 14.4. The van der Waals surface area contributed by atoms with Crippen LogP contribution in [0.3, 0.4) is 0 Å². The van der Waals surface area contributed by atoms with Crippen LogP contribution in [0.1, 0.15) is 18.2 Å². The summed E-state index contributed by atoms with van der Waals surface area (Å²) in [5, 5.41) is 10.7. The molecule has 0 aliphatic rings. The first-order valence-electron chi connectivity index (χ1n) is 6.04. The highest BCUT2D eigenvalue weighted by Gasteiger charge is 2.10. The van der Waals surface area contributed by atoms with Gasteiger partial charge < -0.3 is 9.67 Å². The Hall–Kier alpha value is -2.29. The summed E-state index contributed by atoms with van der Waals surface area (Å²) in [5.74, 6) is -0.876. The molecule has 100 valence electrons. The first-order chi connectivity index (χ1) is 9.02. The summed E-state index contributed by atoms with van der Waals surface area (Å²) in [4.78, 5) is 11.0. The molecular formula is C16H19NO2. The number of carboxylic acid groups (broad SMARTS) is 1. The fourth-order valence-electron chi connectivity index (χ4n) is 1.90. The number of hydrogen-bond acceptors (Lipinski definition) is 1. The van der Waals surface area contributed by atoms with E-state index in [0.717, 1.165) is 21.8 Å². The highest BCUT2D eigenvalue weighted by atomic mass is 16.4. The number of aromatic nitrogens is 1. The van der Waals surface area contributed by atoms with E-state index in [0.29, 0.717) is 0 Å². The van der Waals surface area contributed by atoms with Crippen molar-refractivity contribution in [2.45, 2.75) is 20.4 Å². The number of nitrogens with zero attached hydrogens (tertiary/aromatic N) is 1. The third-order valence-corrected chi connectivity index (χ3v) is 2.86. The van der Waals surface area contributed by atoms with Gasteiger partial charge in [0.1, 0.15) is 6.54 Å². The first kappa shape index (κ1) is 14.8. The predicted molar refractivity (Wildman–Crippen MR) is 80.1 cm³/mol. The van der Waals surface area contributed by atoms with Gasteiger partial charge in [-0.05, 0) is 36.8 Å². The molecule has 0 fully saturated rings. The summed E-state index contributed by atoms with van der Waals surface area (Å²) in [6.07, 6.45) is 11.0. The lowest BCUT2D eigenvalue weighted by Gasteiger charge is -2.04. The van der Waals surface area contributed by atoms with Gasteiger partial charge in [-0.1, -0.05) is 37.5 Å². The van der Waals surface area contributed by atoms with Crippen molar-refractivity contribution in [3.63, 3.8) is 0 Å². The molecule has 0 aromatic carbocycles. The van der Waals surface area contributed by atoms with Gasteiger partial charge >= 0.3 is 5.97 Å². The van der Waals surface area contributed by atoms with Crippen LogP contribution in [0.15, 0.2) is 30.9 Å². The van der Waals surface area contributed by atoms with Gasteiger partial charge in [0.15, 0.2) is 0 Å². The van der Waals surface area contributed by atoms with Gasteiger partial charge in [0.2, 0.25) is 0 Å². The Bertz CT molecular complexity index is 645. The second kappa shape index (κ2) is 6.59. The molecule has 0 radical (unpaired) electrons. The van der Waals surface area contributed by atoms with Crippen LogP contribution in [0.4, 0.5) is 0 Å². The van der Waals surface area contributed by atoms with Crippen molar-refractivity contribution >= 4 is 24.7 Å². The normalized spacial score (nSPS) is 12.6. The van der Waals surface area contributed by atoms with E-state index in [1.54, 1.807) is 16.7 Å². The van der Waals surface area contributed by atoms with Crippen LogP contribution < -0.4 is 10.6 Å². The third kappa shape index (κ3) is 3.35. The number of rotatable bonds is 5. The Morgan fingerprint density at radius 1 is 1.42 bits per heavy atom. The number of carboxylic acids is 1. The van der Waals surface area contributed by atoms with Crippen LogP contribution in [-0.4, -0.2) is 15.6 Å². The fraction of sp³-hybridized carbons (Fsp3) is 0.188. The number of hydrogen-bond donors (Lipinski definition) is 1. The lowest BCUT2D eigenvalue weighted by Crippen LogP contribution is -2.30. The minimum Gasteiger partial charge on any atom is -0.480 e. The molecule has 19 heavy (non-hydrogen) atoms. The Morgan fingerprint density at radius 2 is 2.11 bits per heavy atom. The van der Waals surface area contributed by atoms with E-state index in [4.69, 9.17) is 5.11 Å². The summed E-state index contributed by atoms with van der Waals surface area (Å²) < 4.78 is 1.75. The SMILES string of the molecule is C=C/C=C\c1c(C)c(=C)/c(=C\C=C/C)n1CC(=O)O. The van der Waals surface area contributed by atoms with Gasteiger partial charge in [0.25, 0.3) is 0 Å². The summed E-state index contributed by atoms with van der Waals surface area (Å²) in [6, 6.07) is 0. The maximum atomic E-state index is 11.0. The minimum atomic E-state index is -0.876. The number of carbonyl (C=O) groups is 1. The standard InChI is InChI=1S/C16H19NO2/c1-5-7-9-14-12(3)13(4)15(10-8-6-2)17(14)11-16(18)19/h5-10H,1,4,11H2,2-3H3,(H,18,19)/b8-6-,9-7-,15-10+. The Kier molecular flexibility index (Phi) is 5.12. The highest BCUT2D eigenvalue weighted by molar-refractivity contribution is 5.68. The second-order valence-electron chi connectivity index (χ2n) is 4.14. The zero-order valence-electron chi connectivity index (χ0n) is 11.4. The van der Waals surface area contributed by atoms with E-state index < -0.39 is 5.97 Å². The van der Waals surface area contributed by atoms with E-state index in [-0.39, 0.29) is 6.54 Å². The van der Waals surface area contributed by atoms with E-state index in [1.165, 1.54) is 0 Å². The molecule has 0 spiro atoms. The molecule has 1 N–H and O–H groups in total. The third-order valence-electron chi connectivity index (χ3n) is 2.86. The Morgan fingerprint density at radius 3 is 2.63 bits per heavy atom. The van der Waals surface area contributed by atoms with Crippen molar-refractivity contribution in [1.29, 1.82) is 0 Å². The van der Waals surface area contributed by atoms with E-state index >= 15 is 0 Å². The molecule has 0 unspecified atom stereocenters. The lowest BCUT2D eigenvalue weighted by molar-refractivity contribution is -0.137. The molecule has 1 heterocycles. The van der Waals surface area contributed by atoms with Crippen LogP contribution in [0.25, 0.3) is 18.7 Å². The van der Waals surface area contributed by atoms with E-state index in [9.17, 15) is 4.79 Å². The maximum Gasteiger partial charge on any atom is 0.323 e. The number of allylic oxidation sites excluding steroid dienone is 4. The Labute approximate surface area is 113 Å². The average Bonchev–Trinajstić information content (AvgIpc) is 2.57. The largest absolute Gasteiger partial charge is 0.480 e. The molecule has 0 aliphatic carbocycles. The van der Waals surface area contributed by atoms with Crippen LogP contribution in [0.5, 0.6) is 0 Å². The molecule has 3 heteroatoms. The molecule has 0 atom stereocenters. The van der Waals surface area contributed by atoms with E-state index in [1.807, 2.05) is 38.2 Å². The first-order valence-corrected chi connectivity index (χ1v) is 6.04. The van der Waals surface area contributed by atoms with Gasteiger partial charge in [-0.15, -0.1) is 0 Å². The molecule has 0 bridgehead atoms. The van der Waals surface area contributed by atoms with Crippen molar-refractivity contribution in [2.75, 3.05) is 0 Å². The second-order valence-corrected chi connectivity index (χ2v) is 4.14. The van der Waals surface area contributed by atoms with Gasteiger partial charge in [-0.2, -0.15) is 0 Å². The smallest absolute Gasteiger partial charge is 0.323 e. The quantitative estimate of drug-likeness (QED) is 0.818. The summed E-state index contributed by atoms with van der Waals surface area (Å²) in [5.41, 5.74) is 1.83. The summed E-state index contributed by atoms with van der Waals surface area (Å²) in [7, 11) is 0.